The lowest BCUT2D eigenvalue weighted by Gasteiger charge is -2.40. The minimum Gasteiger partial charge on any atom is -0.383 e. The van der Waals surface area contributed by atoms with Gasteiger partial charge in [-0.25, -0.2) is 4.68 Å². The van der Waals surface area contributed by atoms with E-state index in [9.17, 15) is 0 Å². The molecule has 0 amide bonds. The van der Waals surface area contributed by atoms with Gasteiger partial charge in [-0.15, -0.1) is 5.10 Å². The number of ether oxygens (including phenoxy) is 1. The summed E-state index contributed by atoms with van der Waals surface area (Å²) in [7, 11) is 5.82. The maximum Gasteiger partial charge on any atom is 0.173 e. The normalized spacial score (nSPS) is 15.6. The van der Waals surface area contributed by atoms with Crippen molar-refractivity contribution in [1.29, 1.82) is 0 Å². The van der Waals surface area contributed by atoms with Crippen molar-refractivity contribution in [3.63, 3.8) is 0 Å². The second-order valence-electron chi connectivity index (χ2n) is 8.88. The average molecular weight is 450 g/mol. The van der Waals surface area contributed by atoms with Gasteiger partial charge in [-0.2, -0.15) is 0 Å². The van der Waals surface area contributed by atoms with Gasteiger partial charge in [0.25, 0.3) is 0 Å². The second kappa shape index (κ2) is 10.3. The van der Waals surface area contributed by atoms with Gasteiger partial charge in [0, 0.05) is 58.8 Å². The number of benzene rings is 2. The van der Waals surface area contributed by atoms with E-state index >= 15 is 0 Å². The van der Waals surface area contributed by atoms with Crippen LogP contribution in [0.3, 0.4) is 0 Å². The Bertz CT molecular complexity index is 1040. The second-order valence-corrected chi connectivity index (χ2v) is 8.88. The highest BCUT2D eigenvalue weighted by Gasteiger charge is 2.31. The van der Waals surface area contributed by atoms with E-state index in [1.54, 1.807) is 7.11 Å². The Hall–Kier alpha value is -2.97. The Morgan fingerprint density at radius 1 is 1.00 bits per heavy atom. The Morgan fingerprint density at radius 3 is 2.39 bits per heavy atom. The van der Waals surface area contributed by atoms with E-state index in [-0.39, 0.29) is 6.04 Å². The fourth-order valence-electron chi connectivity index (χ4n) is 4.52. The molecule has 1 atom stereocenters. The molecule has 33 heavy (non-hydrogen) atoms. The van der Waals surface area contributed by atoms with Gasteiger partial charge >= 0.3 is 0 Å². The molecule has 3 aromatic rings. The SMILES string of the molecule is COCCn1nnnc1[C@H](c1ccc(N(C)C)cc1)N1CCN(c2cccc(C)c2C)CC1. The minimum atomic E-state index is -0.00572. The third-order valence-electron chi connectivity index (χ3n) is 6.63. The van der Waals surface area contributed by atoms with E-state index < -0.39 is 0 Å². The molecule has 0 N–H and O–H groups in total. The molecule has 4 rings (SSSR count). The maximum atomic E-state index is 5.28. The van der Waals surface area contributed by atoms with Crippen LogP contribution in [-0.4, -0.2) is 79.1 Å². The van der Waals surface area contributed by atoms with E-state index in [2.05, 4.69) is 101 Å². The van der Waals surface area contributed by atoms with Gasteiger partial charge in [0.1, 0.15) is 0 Å². The summed E-state index contributed by atoms with van der Waals surface area (Å²) in [5.41, 5.74) is 6.42. The molecule has 0 spiro atoms. The predicted octanol–water partition coefficient (Wildman–Crippen LogP) is 2.91. The topological polar surface area (TPSA) is 62.6 Å². The molecule has 1 aromatic heterocycles. The zero-order chi connectivity index (χ0) is 23.4. The number of aryl methyl sites for hydroxylation is 1. The van der Waals surface area contributed by atoms with Crippen molar-refractivity contribution in [2.24, 2.45) is 0 Å². The number of aromatic nitrogens is 4. The van der Waals surface area contributed by atoms with Crippen molar-refractivity contribution < 1.29 is 4.74 Å². The van der Waals surface area contributed by atoms with Gasteiger partial charge in [-0.3, -0.25) is 4.90 Å². The molecule has 8 heteroatoms. The lowest BCUT2D eigenvalue weighted by molar-refractivity contribution is 0.171. The van der Waals surface area contributed by atoms with Gasteiger partial charge in [0.2, 0.25) is 0 Å². The summed E-state index contributed by atoms with van der Waals surface area (Å²) < 4.78 is 7.16. The molecule has 1 aliphatic rings. The lowest BCUT2D eigenvalue weighted by atomic mass is 10.0. The molecule has 1 fully saturated rings. The van der Waals surface area contributed by atoms with Crippen LogP contribution in [0.4, 0.5) is 11.4 Å². The molecule has 0 saturated carbocycles. The molecule has 2 heterocycles. The van der Waals surface area contributed by atoms with E-state index in [1.165, 1.54) is 28.1 Å². The summed E-state index contributed by atoms with van der Waals surface area (Å²) in [6.45, 7) is 9.42. The summed E-state index contributed by atoms with van der Waals surface area (Å²) in [5, 5.41) is 12.7. The molecule has 2 aromatic carbocycles. The maximum absolute atomic E-state index is 5.28. The fourth-order valence-corrected chi connectivity index (χ4v) is 4.52. The summed E-state index contributed by atoms with van der Waals surface area (Å²) in [6, 6.07) is 15.3. The van der Waals surface area contributed by atoms with E-state index in [1.807, 2.05) is 4.68 Å². The first-order chi connectivity index (χ1) is 16.0. The summed E-state index contributed by atoms with van der Waals surface area (Å²) in [4.78, 5) is 7.12. The van der Waals surface area contributed by atoms with Crippen LogP contribution in [0.15, 0.2) is 42.5 Å². The van der Waals surface area contributed by atoms with Crippen LogP contribution in [0.5, 0.6) is 0 Å². The first kappa shape index (κ1) is 23.2. The largest absolute Gasteiger partial charge is 0.383 e. The van der Waals surface area contributed by atoms with Crippen LogP contribution in [0.25, 0.3) is 0 Å². The molecule has 0 bridgehead atoms. The highest BCUT2D eigenvalue weighted by Crippen LogP contribution is 2.31. The lowest BCUT2D eigenvalue weighted by Crippen LogP contribution is -2.48. The number of hydrogen-bond donors (Lipinski definition) is 0. The number of hydrogen-bond acceptors (Lipinski definition) is 7. The van der Waals surface area contributed by atoms with Crippen LogP contribution in [0, 0.1) is 13.8 Å². The Kier molecular flexibility index (Phi) is 7.25. The van der Waals surface area contributed by atoms with Crippen molar-refractivity contribution >= 4 is 11.4 Å². The standard InChI is InChI=1S/C25H35N7O/c1-19-7-6-8-23(20(19)2)30-13-15-31(16-14-30)24(21-9-11-22(12-10-21)29(3)4)25-26-27-28-32(25)17-18-33-5/h6-12,24H,13-18H2,1-5H3/t24-/m0/s1. The molecule has 1 saturated heterocycles. The zero-order valence-corrected chi connectivity index (χ0v) is 20.4. The number of anilines is 2. The first-order valence-electron chi connectivity index (χ1n) is 11.6. The van der Waals surface area contributed by atoms with Gasteiger partial charge in [0.05, 0.1) is 19.2 Å². The molecule has 176 valence electrons. The van der Waals surface area contributed by atoms with E-state index in [0.29, 0.717) is 13.2 Å². The number of rotatable bonds is 8. The van der Waals surface area contributed by atoms with Crippen LogP contribution < -0.4 is 9.80 Å². The average Bonchev–Trinajstić information content (AvgIpc) is 3.28. The fraction of sp³-hybridized carbons (Fsp3) is 0.480. The quantitative estimate of drug-likeness (QED) is 0.524. The molecule has 8 nitrogen and oxygen atoms in total. The third kappa shape index (κ3) is 5.02. The molecule has 0 radical (unpaired) electrons. The Labute approximate surface area is 196 Å². The molecule has 0 aliphatic carbocycles. The van der Waals surface area contributed by atoms with Gasteiger partial charge in [0.15, 0.2) is 5.82 Å². The highest BCUT2D eigenvalue weighted by molar-refractivity contribution is 5.56. The molecule has 1 aliphatic heterocycles. The minimum absolute atomic E-state index is 0.00572. The predicted molar refractivity (Wildman–Crippen MR) is 132 cm³/mol. The van der Waals surface area contributed by atoms with Crippen LogP contribution in [0.1, 0.15) is 28.6 Å². The summed E-state index contributed by atoms with van der Waals surface area (Å²) in [6.07, 6.45) is 0. The monoisotopic (exact) mass is 449 g/mol. The van der Waals surface area contributed by atoms with Crippen molar-refractivity contribution in [3.05, 3.63) is 65.0 Å². The zero-order valence-electron chi connectivity index (χ0n) is 20.4. The van der Waals surface area contributed by atoms with Crippen LogP contribution >= 0.6 is 0 Å². The van der Waals surface area contributed by atoms with Crippen molar-refractivity contribution in [3.8, 4) is 0 Å². The molecular weight excluding hydrogens is 414 g/mol. The Morgan fingerprint density at radius 2 is 1.73 bits per heavy atom. The first-order valence-corrected chi connectivity index (χ1v) is 11.6. The van der Waals surface area contributed by atoms with Crippen molar-refractivity contribution in [2.45, 2.75) is 26.4 Å². The molecular formula is C25H35N7O. The smallest absolute Gasteiger partial charge is 0.173 e. The highest BCUT2D eigenvalue weighted by atomic mass is 16.5. The molecule has 0 unspecified atom stereocenters. The van der Waals surface area contributed by atoms with Crippen LogP contribution in [-0.2, 0) is 11.3 Å². The van der Waals surface area contributed by atoms with Crippen molar-refractivity contribution in [1.82, 2.24) is 25.1 Å². The number of tetrazole rings is 1. The summed E-state index contributed by atoms with van der Waals surface area (Å²) >= 11 is 0. The van der Waals surface area contributed by atoms with Crippen LogP contribution in [0.2, 0.25) is 0 Å². The Balaban J connectivity index is 1.60. The number of nitrogens with zero attached hydrogens (tertiary/aromatic N) is 7. The number of methoxy groups -OCH3 is 1. The van der Waals surface area contributed by atoms with Gasteiger partial charge in [-0.1, -0.05) is 24.3 Å². The summed E-state index contributed by atoms with van der Waals surface area (Å²) in [5.74, 6) is 0.866. The van der Waals surface area contributed by atoms with E-state index in [4.69, 9.17) is 4.74 Å². The van der Waals surface area contributed by atoms with E-state index in [0.717, 1.165) is 32.0 Å². The van der Waals surface area contributed by atoms with Gasteiger partial charge < -0.3 is 14.5 Å². The third-order valence-corrected chi connectivity index (χ3v) is 6.63. The number of piperazine rings is 1. The van der Waals surface area contributed by atoms with Crippen molar-refractivity contribution in [2.75, 3.05) is 63.8 Å². The van der Waals surface area contributed by atoms with Gasteiger partial charge in [-0.05, 0) is 59.2 Å².